The first-order valence-corrected chi connectivity index (χ1v) is 5.47. The first-order valence-electron chi connectivity index (χ1n) is 4.93. The molecule has 1 N–H and O–H groups in total. The minimum Gasteiger partial charge on any atom is -0.366 e. The third-order valence-corrected chi connectivity index (χ3v) is 2.49. The van der Waals surface area contributed by atoms with E-state index in [-0.39, 0.29) is 6.04 Å². The van der Waals surface area contributed by atoms with Gasteiger partial charge in [0.2, 0.25) is 0 Å². The highest BCUT2D eigenvalue weighted by Crippen LogP contribution is 2.08. The molecule has 4 heteroatoms. The summed E-state index contributed by atoms with van der Waals surface area (Å²) in [6.45, 7) is 4.17. The second-order valence-electron chi connectivity index (χ2n) is 3.15. The Bertz CT molecular complexity index is 274. The van der Waals surface area contributed by atoms with Gasteiger partial charge in [0.1, 0.15) is 12.1 Å². The van der Waals surface area contributed by atoms with E-state index >= 15 is 0 Å². The van der Waals surface area contributed by atoms with Crippen molar-refractivity contribution < 1.29 is 0 Å². The summed E-state index contributed by atoms with van der Waals surface area (Å²) < 4.78 is 0. The average Bonchev–Trinajstić information content (AvgIpc) is 2.26. The molecule has 1 aromatic heterocycles. The SMILES string of the molecule is CCc1cc(NC(CC)CCl)ncn1. The highest BCUT2D eigenvalue weighted by atomic mass is 35.5. The van der Waals surface area contributed by atoms with Gasteiger partial charge in [-0.2, -0.15) is 0 Å². The summed E-state index contributed by atoms with van der Waals surface area (Å²) in [4.78, 5) is 8.27. The van der Waals surface area contributed by atoms with Crippen LogP contribution in [-0.4, -0.2) is 21.9 Å². The number of hydrogen-bond donors (Lipinski definition) is 1. The molecule has 0 fully saturated rings. The van der Waals surface area contributed by atoms with E-state index in [2.05, 4.69) is 29.1 Å². The predicted octanol–water partition coefficient (Wildman–Crippen LogP) is 2.47. The van der Waals surface area contributed by atoms with E-state index in [0.717, 1.165) is 24.4 Å². The van der Waals surface area contributed by atoms with Crippen molar-refractivity contribution in [2.75, 3.05) is 11.2 Å². The number of hydrogen-bond acceptors (Lipinski definition) is 3. The van der Waals surface area contributed by atoms with Crippen molar-refractivity contribution in [1.29, 1.82) is 0 Å². The summed E-state index contributed by atoms with van der Waals surface area (Å²) in [5, 5.41) is 3.27. The molecule has 1 rings (SSSR count). The summed E-state index contributed by atoms with van der Waals surface area (Å²) in [5.74, 6) is 1.46. The lowest BCUT2D eigenvalue weighted by atomic mass is 10.2. The van der Waals surface area contributed by atoms with Crippen LogP contribution in [-0.2, 0) is 6.42 Å². The molecule has 0 saturated carbocycles. The number of aryl methyl sites for hydroxylation is 1. The Balaban J connectivity index is 2.65. The summed E-state index contributed by atoms with van der Waals surface area (Å²) in [5.41, 5.74) is 1.05. The molecule has 3 nitrogen and oxygen atoms in total. The van der Waals surface area contributed by atoms with Crippen LogP contribution in [0.1, 0.15) is 26.0 Å². The highest BCUT2D eigenvalue weighted by molar-refractivity contribution is 6.18. The minimum absolute atomic E-state index is 0.288. The lowest BCUT2D eigenvalue weighted by Gasteiger charge is -2.14. The Kier molecular flexibility index (Phi) is 4.66. The average molecular weight is 214 g/mol. The van der Waals surface area contributed by atoms with Gasteiger partial charge in [0.15, 0.2) is 0 Å². The molecular weight excluding hydrogens is 198 g/mol. The molecule has 0 bridgehead atoms. The monoisotopic (exact) mass is 213 g/mol. The molecule has 0 aliphatic rings. The molecule has 0 amide bonds. The van der Waals surface area contributed by atoms with E-state index in [4.69, 9.17) is 11.6 Å². The second kappa shape index (κ2) is 5.81. The van der Waals surface area contributed by atoms with Crippen molar-refractivity contribution in [1.82, 2.24) is 9.97 Å². The molecule has 0 aliphatic heterocycles. The molecule has 1 unspecified atom stereocenters. The number of alkyl halides is 1. The van der Waals surface area contributed by atoms with E-state index in [1.54, 1.807) is 6.33 Å². The maximum atomic E-state index is 5.79. The minimum atomic E-state index is 0.288. The zero-order chi connectivity index (χ0) is 10.4. The molecule has 1 aromatic rings. The van der Waals surface area contributed by atoms with Crippen LogP contribution in [0, 0.1) is 0 Å². The Morgan fingerprint density at radius 3 is 2.79 bits per heavy atom. The second-order valence-corrected chi connectivity index (χ2v) is 3.46. The Morgan fingerprint density at radius 1 is 1.43 bits per heavy atom. The quantitative estimate of drug-likeness (QED) is 0.764. The van der Waals surface area contributed by atoms with Crippen LogP contribution < -0.4 is 5.32 Å². The molecule has 0 aromatic carbocycles. The van der Waals surface area contributed by atoms with Crippen LogP contribution in [0.3, 0.4) is 0 Å². The summed E-state index contributed by atoms with van der Waals surface area (Å²) in [6, 6.07) is 2.26. The maximum Gasteiger partial charge on any atom is 0.129 e. The van der Waals surface area contributed by atoms with Gasteiger partial charge in [0, 0.05) is 23.7 Å². The van der Waals surface area contributed by atoms with Gasteiger partial charge < -0.3 is 5.32 Å². The third-order valence-electron chi connectivity index (χ3n) is 2.12. The standard InChI is InChI=1S/C10H16ClN3/c1-3-8-5-10(13-7-12-8)14-9(4-2)6-11/h5,7,9H,3-4,6H2,1-2H3,(H,12,13,14). The topological polar surface area (TPSA) is 37.8 Å². The van der Waals surface area contributed by atoms with E-state index in [9.17, 15) is 0 Å². The zero-order valence-corrected chi connectivity index (χ0v) is 9.38. The first kappa shape index (κ1) is 11.2. The Morgan fingerprint density at radius 2 is 2.21 bits per heavy atom. The van der Waals surface area contributed by atoms with Crippen LogP contribution in [0.15, 0.2) is 12.4 Å². The molecule has 0 saturated heterocycles. The predicted molar refractivity (Wildman–Crippen MR) is 59.8 cm³/mol. The summed E-state index contributed by atoms with van der Waals surface area (Å²) in [7, 11) is 0. The normalized spacial score (nSPS) is 12.5. The number of rotatable bonds is 5. The van der Waals surface area contributed by atoms with Crippen LogP contribution in [0.25, 0.3) is 0 Å². The number of nitrogens with one attached hydrogen (secondary N) is 1. The summed E-state index contributed by atoms with van der Waals surface area (Å²) >= 11 is 5.79. The van der Waals surface area contributed by atoms with Gasteiger partial charge in [-0.25, -0.2) is 9.97 Å². The van der Waals surface area contributed by atoms with Gasteiger partial charge >= 0.3 is 0 Å². The van der Waals surface area contributed by atoms with Gasteiger partial charge in [0.25, 0.3) is 0 Å². The molecule has 0 aliphatic carbocycles. The van der Waals surface area contributed by atoms with Crippen molar-refractivity contribution >= 4 is 17.4 Å². The van der Waals surface area contributed by atoms with Crippen molar-refractivity contribution in [3.8, 4) is 0 Å². The lowest BCUT2D eigenvalue weighted by molar-refractivity contribution is 0.763. The lowest BCUT2D eigenvalue weighted by Crippen LogP contribution is -2.20. The number of nitrogens with zero attached hydrogens (tertiary/aromatic N) is 2. The van der Waals surface area contributed by atoms with Crippen molar-refractivity contribution in [2.45, 2.75) is 32.7 Å². The van der Waals surface area contributed by atoms with Crippen LogP contribution >= 0.6 is 11.6 Å². The van der Waals surface area contributed by atoms with E-state index < -0.39 is 0 Å². The molecular formula is C10H16ClN3. The molecule has 78 valence electrons. The highest BCUT2D eigenvalue weighted by Gasteiger charge is 2.05. The largest absolute Gasteiger partial charge is 0.366 e. The van der Waals surface area contributed by atoms with E-state index in [1.807, 2.05) is 6.07 Å². The maximum absolute atomic E-state index is 5.79. The Hall–Kier alpha value is -0.830. The smallest absolute Gasteiger partial charge is 0.129 e. The first-order chi connectivity index (χ1) is 6.80. The van der Waals surface area contributed by atoms with Gasteiger partial charge in [-0.05, 0) is 12.8 Å². The van der Waals surface area contributed by atoms with Gasteiger partial charge in [-0.1, -0.05) is 13.8 Å². The van der Waals surface area contributed by atoms with E-state index in [1.165, 1.54) is 0 Å². The van der Waals surface area contributed by atoms with Crippen molar-refractivity contribution in [3.63, 3.8) is 0 Å². The fourth-order valence-corrected chi connectivity index (χ4v) is 1.42. The molecule has 14 heavy (non-hydrogen) atoms. The van der Waals surface area contributed by atoms with Crippen LogP contribution in [0.5, 0.6) is 0 Å². The van der Waals surface area contributed by atoms with E-state index in [0.29, 0.717) is 5.88 Å². The number of aromatic nitrogens is 2. The molecule has 0 spiro atoms. The Labute approximate surface area is 89.9 Å². The van der Waals surface area contributed by atoms with Crippen molar-refractivity contribution in [2.24, 2.45) is 0 Å². The zero-order valence-electron chi connectivity index (χ0n) is 8.63. The molecule has 0 radical (unpaired) electrons. The van der Waals surface area contributed by atoms with Crippen molar-refractivity contribution in [3.05, 3.63) is 18.1 Å². The number of halogens is 1. The fourth-order valence-electron chi connectivity index (χ4n) is 1.13. The summed E-state index contributed by atoms with van der Waals surface area (Å²) in [6.07, 6.45) is 3.51. The van der Waals surface area contributed by atoms with Gasteiger partial charge in [-0.3, -0.25) is 0 Å². The molecule has 1 heterocycles. The third kappa shape index (κ3) is 3.14. The van der Waals surface area contributed by atoms with Gasteiger partial charge in [-0.15, -0.1) is 11.6 Å². The van der Waals surface area contributed by atoms with Gasteiger partial charge in [0.05, 0.1) is 0 Å². The van der Waals surface area contributed by atoms with Crippen LogP contribution in [0.2, 0.25) is 0 Å². The molecule has 1 atom stereocenters. The number of anilines is 1. The fraction of sp³-hybridized carbons (Fsp3) is 0.600. The van der Waals surface area contributed by atoms with Crippen LogP contribution in [0.4, 0.5) is 5.82 Å².